The molecule has 0 spiro atoms. The fraction of sp³-hybridized carbons (Fsp3) is 0.700. The van der Waals surface area contributed by atoms with Crippen LogP contribution in [0.1, 0.15) is 20.3 Å². The molecule has 0 aliphatic heterocycles. The maximum absolute atomic E-state index is 11.5. The van der Waals surface area contributed by atoms with Gasteiger partial charge >= 0.3 is 18.0 Å². The monoisotopic (exact) mass is 262 g/mol. The minimum atomic E-state index is -1.21. The van der Waals surface area contributed by atoms with Crippen LogP contribution in [0.15, 0.2) is 0 Å². The van der Waals surface area contributed by atoms with Crippen LogP contribution in [-0.4, -0.2) is 54.3 Å². The molecule has 0 saturated carbocycles. The van der Waals surface area contributed by atoms with Crippen molar-refractivity contribution < 1.29 is 29.1 Å². The van der Waals surface area contributed by atoms with E-state index in [1.54, 1.807) is 6.92 Å². The summed E-state index contributed by atoms with van der Waals surface area (Å²) in [6.07, 6.45) is 0.645. The quantitative estimate of drug-likeness (QED) is 0.470. The summed E-state index contributed by atoms with van der Waals surface area (Å²) in [5.41, 5.74) is 1.94. The van der Waals surface area contributed by atoms with Gasteiger partial charge in [-0.25, -0.2) is 15.1 Å². The third-order valence-corrected chi connectivity index (χ3v) is 1.76. The van der Waals surface area contributed by atoms with Crippen molar-refractivity contribution in [1.82, 2.24) is 10.4 Å². The number of nitrogens with zero attached hydrogens (tertiary/aromatic N) is 1. The molecule has 0 aromatic heterocycles. The Kier molecular flexibility index (Phi) is 8.29. The first-order valence-corrected chi connectivity index (χ1v) is 5.55. The van der Waals surface area contributed by atoms with Crippen molar-refractivity contribution in [2.75, 3.05) is 26.3 Å². The van der Waals surface area contributed by atoms with Gasteiger partial charge in [0.1, 0.15) is 6.54 Å². The zero-order chi connectivity index (χ0) is 14.0. The van der Waals surface area contributed by atoms with Gasteiger partial charge in [0.25, 0.3) is 0 Å². The van der Waals surface area contributed by atoms with Gasteiger partial charge in [0.15, 0.2) is 6.61 Å². The maximum atomic E-state index is 11.5. The first kappa shape index (κ1) is 16.2. The van der Waals surface area contributed by atoms with Gasteiger partial charge in [-0.2, -0.15) is 0 Å². The predicted octanol–water partition coefficient (Wildman–Crippen LogP) is -0.0127. The molecule has 0 aromatic rings. The third kappa shape index (κ3) is 7.44. The molecule has 8 heteroatoms. The van der Waals surface area contributed by atoms with E-state index in [2.05, 4.69) is 4.84 Å². The number of amides is 2. The summed E-state index contributed by atoms with van der Waals surface area (Å²) >= 11 is 0. The molecule has 0 fully saturated rings. The average molecular weight is 262 g/mol. The van der Waals surface area contributed by atoms with E-state index < -0.39 is 24.6 Å². The summed E-state index contributed by atoms with van der Waals surface area (Å²) in [7, 11) is 0. The number of nitrogens with one attached hydrogen (secondary N) is 1. The lowest BCUT2D eigenvalue weighted by atomic mass is 10.4. The molecule has 104 valence electrons. The number of aliphatic carboxylic acids is 1. The molecule has 18 heavy (non-hydrogen) atoms. The van der Waals surface area contributed by atoms with Crippen molar-refractivity contribution in [2.24, 2.45) is 0 Å². The second-order valence-corrected chi connectivity index (χ2v) is 3.32. The van der Waals surface area contributed by atoms with Gasteiger partial charge in [-0.15, -0.1) is 0 Å². The average Bonchev–Trinajstić information content (AvgIpc) is 2.28. The molecule has 0 saturated heterocycles. The highest BCUT2D eigenvalue weighted by atomic mass is 16.7. The van der Waals surface area contributed by atoms with Gasteiger partial charge in [0, 0.05) is 6.54 Å². The Morgan fingerprint density at radius 1 is 1.28 bits per heavy atom. The summed E-state index contributed by atoms with van der Waals surface area (Å²) in [5.74, 6) is -1.73. The molecular weight excluding hydrogens is 244 g/mol. The lowest BCUT2D eigenvalue weighted by Crippen LogP contribution is -2.44. The number of carboxylic acid groups (broad SMARTS) is 1. The van der Waals surface area contributed by atoms with E-state index in [9.17, 15) is 14.4 Å². The number of carbonyl (C=O) groups excluding carboxylic acids is 2. The second-order valence-electron chi connectivity index (χ2n) is 3.32. The van der Waals surface area contributed by atoms with Gasteiger partial charge in [0.05, 0.1) is 6.61 Å². The number of hydroxylamine groups is 1. The third-order valence-electron chi connectivity index (χ3n) is 1.76. The van der Waals surface area contributed by atoms with Gasteiger partial charge in [0.2, 0.25) is 0 Å². The van der Waals surface area contributed by atoms with Crippen molar-refractivity contribution in [2.45, 2.75) is 20.3 Å². The Labute approximate surface area is 105 Å². The molecule has 0 rings (SSSR count). The summed E-state index contributed by atoms with van der Waals surface area (Å²) in [5, 5.41) is 8.32. The van der Waals surface area contributed by atoms with E-state index in [1.807, 2.05) is 12.4 Å². The minimum Gasteiger partial charge on any atom is -0.479 e. The normalized spacial score (nSPS) is 9.67. The topological polar surface area (TPSA) is 105 Å². The number of carbonyl (C=O) groups is 3. The van der Waals surface area contributed by atoms with Crippen LogP contribution in [0.3, 0.4) is 0 Å². The van der Waals surface area contributed by atoms with Crippen LogP contribution in [-0.2, 0) is 19.2 Å². The highest BCUT2D eigenvalue weighted by Crippen LogP contribution is 1.94. The zero-order valence-corrected chi connectivity index (χ0v) is 10.5. The standard InChI is InChI=1S/C10H18N2O6/c1-3-5-12(6-9(15)17-4-2)10(16)11-18-7-8(13)14/h3-7H2,1-2H3,(H,11,16)(H,13,14). The Morgan fingerprint density at radius 3 is 2.44 bits per heavy atom. The highest BCUT2D eigenvalue weighted by molar-refractivity contribution is 5.80. The van der Waals surface area contributed by atoms with E-state index in [0.29, 0.717) is 13.0 Å². The van der Waals surface area contributed by atoms with Gasteiger partial charge < -0.3 is 14.7 Å². The number of hydrogen-bond acceptors (Lipinski definition) is 5. The van der Waals surface area contributed by atoms with Gasteiger partial charge in [-0.1, -0.05) is 6.92 Å². The van der Waals surface area contributed by atoms with Crippen molar-refractivity contribution in [3.8, 4) is 0 Å². The predicted molar refractivity (Wildman–Crippen MR) is 60.6 cm³/mol. The Morgan fingerprint density at radius 2 is 1.94 bits per heavy atom. The van der Waals surface area contributed by atoms with Crippen LogP contribution in [0.5, 0.6) is 0 Å². The van der Waals surface area contributed by atoms with E-state index in [4.69, 9.17) is 9.84 Å². The molecule has 8 nitrogen and oxygen atoms in total. The van der Waals surface area contributed by atoms with Crippen LogP contribution in [0.25, 0.3) is 0 Å². The van der Waals surface area contributed by atoms with Crippen LogP contribution in [0.4, 0.5) is 4.79 Å². The first-order valence-electron chi connectivity index (χ1n) is 5.55. The lowest BCUT2D eigenvalue weighted by molar-refractivity contribution is -0.146. The molecule has 0 heterocycles. The first-order chi connectivity index (χ1) is 8.51. The van der Waals surface area contributed by atoms with Crippen molar-refractivity contribution >= 4 is 18.0 Å². The highest BCUT2D eigenvalue weighted by Gasteiger charge is 2.17. The van der Waals surface area contributed by atoms with Crippen LogP contribution in [0.2, 0.25) is 0 Å². The minimum absolute atomic E-state index is 0.204. The Hall–Kier alpha value is -1.83. The van der Waals surface area contributed by atoms with Crippen molar-refractivity contribution in [1.29, 1.82) is 0 Å². The summed E-state index contributed by atoms with van der Waals surface area (Å²) in [6.45, 7) is 3.22. The fourth-order valence-electron chi connectivity index (χ4n) is 1.11. The molecule has 0 aliphatic rings. The fourth-order valence-corrected chi connectivity index (χ4v) is 1.11. The number of hydrogen-bond donors (Lipinski definition) is 2. The molecule has 2 N–H and O–H groups in total. The smallest absolute Gasteiger partial charge is 0.341 e. The number of ether oxygens (including phenoxy) is 1. The molecular formula is C10H18N2O6. The molecule has 0 aromatic carbocycles. The SMILES string of the molecule is CCCN(CC(=O)OCC)C(=O)NOCC(=O)O. The lowest BCUT2D eigenvalue weighted by Gasteiger charge is -2.20. The van der Waals surface area contributed by atoms with E-state index in [1.165, 1.54) is 4.90 Å². The largest absolute Gasteiger partial charge is 0.479 e. The Bertz CT molecular complexity index is 294. The summed E-state index contributed by atoms with van der Waals surface area (Å²) in [4.78, 5) is 38.6. The molecule has 0 bridgehead atoms. The van der Waals surface area contributed by atoms with E-state index >= 15 is 0 Å². The van der Waals surface area contributed by atoms with Crippen LogP contribution >= 0.6 is 0 Å². The molecule has 0 radical (unpaired) electrons. The zero-order valence-electron chi connectivity index (χ0n) is 10.5. The maximum Gasteiger partial charge on any atom is 0.341 e. The van der Waals surface area contributed by atoms with E-state index in [-0.39, 0.29) is 13.2 Å². The number of carboxylic acids is 1. The molecule has 0 unspecified atom stereocenters. The number of esters is 1. The molecule has 0 aliphatic carbocycles. The second kappa shape index (κ2) is 9.23. The number of rotatable bonds is 8. The van der Waals surface area contributed by atoms with Gasteiger partial charge in [-0.3, -0.25) is 9.63 Å². The number of urea groups is 1. The Balaban J connectivity index is 4.17. The van der Waals surface area contributed by atoms with Crippen LogP contribution < -0.4 is 5.48 Å². The van der Waals surface area contributed by atoms with Crippen LogP contribution in [0, 0.1) is 0 Å². The molecule has 2 amide bonds. The van der Waals surface area contributed by atoms with Gasteiger partial charge in [-0.05, 0) is 13.3 Å². The van der Waals surface area contributed by atoms with Crippen molar-refractivity contribution in [3.63, 3.8) is 0 Å². The van der Waals surface area contributed by atoms with E-state index in [0.717, 1.165) is 0 Å². The summed E-state index contributed by atoms with van der Waals surface area (Å²) in [6, 6.07) is -0.675. The van der Waals surface area contributed by atoms with Crippen molar-refractivity contribution in [3.05, 3.63) is 0 Å². The summed E-state index contributed by atoms with van der Waals surface area (Å²) < 4.78 is 4.72. The molecule has 0 atom stereocenters.